The van der Waals surface area contributed by atoms with Gasteiger partial charge in [0.05, 0.1) is 5.92 Å². The van der Waals surface area contributed by atoms with Crippen LogP contribution >= 0.6 is 11.6 Å². The summed E-state index contributed by atoms with van der Waals surface area (Å²) in [5, 5.41) is 4.77. The summed E-state index contributed by atoms with van der Waals surface area (Å²) >= 11 is 5.94. The molecule has 1 amide bonds. The fourth-order valence-corrected chi connectivity index (χ4v) is 3.51. The molecule has 6 heteroatoms. The molecular weight excluding hydrogens is 374 g/mol. The Balaban J connectivity index is 1.52. The number of rotatable bonds is 3. The van der Waals surface area contributed by atoms with Gasteiger partial charge in [-0.2, -0.15) is 4.98 Å². The molecule has 2 aromatic carbocycles. The van der Waals surface area contributed by atoms with Crippen LogP contribution in [0.15, 0.2) is 53.1 Å². The van der Waals surface area contributed by atoms with Crippen LogP contribution in [0.5, 0.6) is 0 Å². The van der Waals surface area contributed by atoms with E-state index < -0.39 is 0 Å². The first-order valence-corrected chi connectivity index (χ1v) is 9.69. The van der Waals surface area contributed by atoms with Crippen LogP contribution in [0.25, 0.3) is 11.4 Å². The number of nitrogens with zero attached hydrogens (tertiary/aromatic N) is 3. The predicted molar refractivity (Wildman–Crippen MR) is 110 cm³/mol. The summed E-state index contributed by atoms with van der Waals surface area (Å²) in [6, 6.07) is 15.5. The van der Waals surface area contributed by atoms with Crippen molar-refractivity contribution in [3.63, 3.8) is 0 Å². The van der Waals surface area contributed by atoms with E-state index in [4.69, 9.17) is 16.1 Å². The van der Waals surface area contributed by atoms with Gasteiger partial charge in [0, 0.05) is 29.2 Å². The fourth-order valence-electron chi connectivity index (χ4n) is 3.38. The molecule has 3 aromatic rings. The number of amides is 1. The molecule has 0 aliphatic carbocycles. The zero-order valence-electron chi connectivity index (χ0n) is 16.1. The lowest BCUT2D eigenvalue weighted by Crippen LogP contribution is -2.24. The number of hydrogen-bond acceptors (Lipinski definition) is 4. The largest absolute Gasteiger partial charge is 0.339 e. The molecule has 2 heterocycles. The Morgan fingerprint density at radius 3 is 2.39 bits per heavy atom. The third kappa shape index (κ3) is 3.67. The van der Waals surface area contributed by atoms with Gasteiger partial charge in [0.15, 0.2) is 0 Å². The summed E-state index contributed by atoms with van der Waals surface area (Å²) in [7, 11) is 0. The van der Waals surface area contributed by atoms with E-state index in [0.717, 1.165) is 11.3 Å². The molecule has 0 saturated carbocycles. The van der Waals surface area contributed by atoms with Crippen LogP contribution in [0.1, 0.15) is 44.6 Å². The minimum absolute atomic E-state index is 0.0432. The third-order valence-corrected chi connectivity index (χ3v) is 5.32. The van der Waals surface area contributed by atoms with Crippen LogP contribution in [0.4, 0.5) is 5.69 Å². The number of anilines is 1. The zero-order valence-corrected chi connectivity index (χ0v) is 16.9. The van der Waals surface area contributed by atoms with Gasteiger partial charge in [0.1, 0.15) is 0 Å². The molecular formula is C22H22ClN3O2. The molecule has 28 heavy (non-hydrogen) atoms. The highest BCUT2D eigenvalue weighted by atomic mass is 35.5. The standard InChI is InChI=1S/C22H22ClN3O2/c1-22(2,3)16-6-4-14(5-7-16)20-24-21(28-25-20)15-12-19(27)26(13-15)18-10-8-17(23)9-11-18/h4-11,15H,12-13H2,1-3H3. The Morgan fingerprint density at radius 1 is 1.07 bits per heavy atom. The Labute approximate surface area is 169 Å². The maximum absolute atomic E-state index is 12.5. The lowest BCUT2D eigenvalue weighted by Gasteiger charge is -2.18. The first-order chi connectivity index (χ1) is 13.3. The number of carbonyl (C=O) groups is 1. The van der Waals surface area contributed by atoms with Crippen molar-refractivity contribution >= 4 is 23.2 Å². The van der Waals surface area contributed by atoms with E-state index in [2.05, 4.69) is 43.0 Å². The van der Waals surface area contributed by atoms with Gasteiger partial charge in [-0.15, -0.1) is 0 Å². The average Bonchev–Trinajstić information content (AvgIpc) is 3.29. The second-order valence-electron chi connectivity index (χ2n) is 8.17. The molecule has 1 aliphatic rings. The molecule has 1 atom stereocenters. The third-order valence-electron chi connectivity index (χ3n) is 5.06. The van der Waals surface area contributed by atoms with Gasteiger partial charge in [0.2, 0.25) is 17.6 Å². The van der Waals surface area contributed by atoms with Crippen LogP contribution < -0.4 is 4.90 Å². The smallest absolute Gasteiger partial charge is 0.232 e. The van der Waals surface area contributed by atoms with E-state index in [1.54, 1.807) is 17.0 Å². The highest BCUT2D eigenvalue weighted by molar-refractivity contribution is 6.30. The summed E-state index contributed by atoms with van der Waals surface area (Å²) in [6.45, 7) is 7.05. The van der Waals surface area contributed by atoms with Crippen molar-refractivity contribution in [3.8, 4) is 11.4 Å². The molecule has 4 rings (SSSR count). The molecule has 0 bridgehead atoms. The molecule has 1 fully saturated rings. The zero-order chi connectivity index (χ0) is 19.9. The number of aromatic nitrogens is 2. The SMILES string of the molecule is CC(C)(C)c1ccc(-c2noc(C3CC(=O)N(c4ccc(Cl)cc4)C3)n2)cc1. The number of benzene rings is 2. The summed E-state index contributed by atoms with van der Waals surface area (Å²) in [5.74, 6) is 0.979. The fraction of sp³-hybridized carbons (Fsp3) is 0.318. The number of hydrogen-bond donors (Lipinski definition) is 0. The predicted octanol–water partition coefficient (Wildman–Crippen LogP) is 5.21. The molecule has 1 aromatic heterocycles. The van der Waals surface area contributed by atoms with Gasteiger partial charge < -0.3 is 9.42 Å². The first-order valence-electron chi connectivity index (χ1n) is 9.32. The van der Waals surface area contributed by atoms with Crippen molar-refractivity contribution in [2.75, 3.05) is 11.4 Å². The van der Waals surface area contributed by atoms with Crippen LogP contribution in [0.2, 0.25) is 5.02 Å². The summed E-state index contributed by atoms with van der Waals surface area (Å²) in [5.41, 5.74) is 3.08. The van der Waals surface area contributed by atoms with Crippen molar-refractivity contribution in [2.24, 2.45) is 0 Å². The highest BCUT2D eigenvalue weighted by Gasteiger charge is 2.35. The van der Waals surface area contributed by atoms with Gasteiger partial charge in [-0.05, 0) is 35.2 Å². The summed E-state index contributed by atoms with van der Waals surface area (Å²) < 4.78 is 5.49. The second-order valence-corrected chi connectivity index (χ2v) is 8.60. The maximum Gasteiger partial charge on any atom is 0.232 e. The molecule has 1 unspecified atom stereocenters. The van der Waals surface area contributed by atoms with E-state index in [-0.39, 0.29) is 17.2 Å². The van der Waals surface area contributed by atoms with Crippen LogP contribution in [-0.2, 0) is 10.2 Å². The van der Waals surface area contributed by atoms with E-state index in [0.29, 0.717) is 29.7 Å². The molecule has 0 radical (unpaired) electrons. The van der Waals surface area contributed by atoms with E-state index >= 15 is 0 Å². The average molecular weight is 396 g/mol. The molecule has 5 nitrogen and oxygen atoms in total. The quantitative estimate of drug-likeness (QED) is 0.610. The summed E-state index contributed by atoms with van der Waals surface area (Å²) in [4.78, 5) is 18.7. The van der Waals surface area contributed by atoms with E-state index in [9.17, 15) is 4.79 Å². The minimum atomic E-state index is -0.113. The van der Waals surface area contributed by atoms with Gasteiger partial charge in [0.25, 0.3) is 0 Å². The van der Waals surface area contributed by atoms with Crippen LogP contribution in [0.3, 0.4) is 0 Å². The first kappa shape index (κ1) is 18.7. The maximum atomic E-state index is 12.5. The lowest BCUT2D eigenvalue weighted by molar-refractivity contribution is -0.117. The molecule has 144 valence electrons. The highest BCUT2D eigenvalue weighted by Crippen LogP contribution is 2.32. The van der Waals surface area contributed by atoms with E-state index in [1.807, 2.05) is 24.3 Å². The molecule has 0 N–H and O–H groups in total. The number of carbonyl (C=O) groups excluding carboxylic acids is 1. The Kier molecular flexibility index (Phi) is 4.71. The van der Waals surface area contributed by atoms with Gasteiger partial charge in [-0.25, -0.2) is 0 Å². The van der Waals surface area contributed by atoms with Crippen molar-refractivity contribution in [1.29, 1.82) is 0 Å². The summed E-state index contributed by atoms with van der Waals surface area (Å²) in [6.07, 6.45) is 0.354. The Morgan fingerprint density at radius 2 is 1.75 bits per heavy atom. The van der Waals surface area contributed by atoms with Gasteiger partial charge in [-0.1, -0.05) is 61.8 Å². The van der Waals surface area contributed by atoms with Gasteiger partial charge >= 0.3 is 0 Å². The monoisotopic (exact) mass is 395 g/mol. The molecule has 0 spiro atoms. The Hall–Kier alpha value is -2.66. The van der Waals surface area contributed by atoms with Crippen molar-refractivity contribution in [3.05, 3.63) is 65.0 Å². The van der Waals surface area contributed by atoms with Crippen LogP contribution in [0, 0.1) is 0 Å². The lowest BCUT2D eigenvalue weighted by atomic mass is 9.87. The second kappa shape index (κ2) is 7.06. The van der Waals surface area contributed by atoms with Gasteiger partial charge in [-0.3, -0.25) is 4.79 Å². The molecule has 1 aliphatic heterocycles. The van der Waals surface area contributed by atoms with Crippen molar-refractivity contribution in [2.45, 2.75) is 38.5 Å². The number of halogens is 1. The van der Waals surface area contributed by atoms with Crippen LogP contribution in [-0.4, -0.2) is 22.6 Å². The minimum Gasteiger partial charge on any atom is -0.339 e. The topological polar surface area (TPSA) is 59.2 Å². The Bertz CT molecular complexity index is 988. The van der Waals surface area contributed by atoms with Crippen molar-refractivity contribution in [1.82, 2.24) is 10.1 Å². The van der Waals surface area contributed by atoms with E-state index in [1.165, 1.54) is 5.56 Å². The van der Waals surface area contributed by atoms with Crippen molar-refractivity contribution < 1.29 is 9.32 Å². The normalized spacial score (nSPS) is 17.4. The molecule has 1 saturated heterocycles.